The fraction of sp³-hybridized carbons (Fsp3) is 0.533. The van der Waals surface area contributed by atoms with Crippen LogP contribution in [0.25, 0.3) is 0 Å². The van der Waals surface area contributed by atoms with Gasteiger partial charge < -0.3 is 4.74 Å². The maximum atomic E-state index is 11.8. The highest BCUT2D eigenvalue weighted by atomic mass is 17.1. The molecule has 1 aliphatic heterocycles. The topological polar surface area (TPSA) is 55.8 Å². The second-order valence-corrected chi connectivity index (χ2v) is 5.74. The van der Waals surface area contributed by atoms with Crippen LogP contribution in [0.5, 0.6) is 0 Å². The third-order valence-electron chi connectivity index (χ3n) is 4.91. The molecule has 0 radical (unpaired) electrons. The Morgan fingerprint density at radius 2 is 2.21 bits per heavy atom. The van der Waals surface area contributed by atoms with Crippen LogP contribution in [0.3, 0.4) is 0 Å². The Morgan fingerprint density at radius 1 is 1.47 bits per heavy atom. The molecular formula is C15H18O4. The first-order chi connectivity index (χ1) is 9.01. The number of hydrogen-bond acceptors (Lipinski definition) is 4. The maximum absolute atomic E-state index is 11.8. The van der Waals surface area contributed by atoms with Gasteiger partial charge in [0.25, 0.3) is 0 Å². The van der Waals surface area contributed by atoms with Crippen molar-refractivity contribution in [1.29, 1.82) is 0 Å². The fourth-order valence-electron chi connectivity index (χ4n) is 3.72. The van der Waals surface area contributed by atoms with Gasteiger partial charge in [0, 0.05) is 17.9 Å². The van der Waals surface area contributed by atoms with E-state index in [1.165, 1.54) is 0 Å². The summed E-state index contributed by atoms with van der Waals surface area (Å²) in [6.45, 7) is 7.80. The summed E-state index contributed by atoms with van der Waals surface area (Å²) >= 11 is 0. The zero-order valence-electron chi connectivity index (χ0n) is 11.2. The van der Waals surface area contributed by atoms with Crippen molar-refractivity contribution in [3.63, 3.8) is 0 Å². The molecule has 1 heterocycles. The molecule has 4 atom stereocenters. The number of fused-ring (bicyclic) bond motifs is 3. The van der Waals surface area contributed by atoms with Crippen molar-refractivity contribution in [2.24, 2.45) is 11.8 Å². The van der Waals surface area contributed by atoms with Gasteiger partial charge in [-0.25, -0.2) is 9.68 Å². The van der Waals surface area contributed by atoms with E-state index in [1.54, 1.807) is 0 Å². The van der Waals surface area contributed by atoms with Crippen LogP contribution in [0.15, 0.2) is 35.5 Å². The second kappa shape index (κ2) is 4.05. The third-order valence-corrected chi connectivity index (χ3v) is 4.91. The van der Waals surface area contributed by atoms with Crippen molar-refractivity contribution in [3.8, 4) is 0 Å². The van der Waals surface area contributed by atoms with Gasteiger partial charge in [0.15, 0.2) is 0 Å². The first kappa shape index (κ1) is 12.6. The van der Waals surface area contributed by atoms with Crippen LogP contribution < -0.4 is 0 Å². The van der Waals surface area contributed by atoms with Crippen LogP contribution in [0.2, 0.25) is 0 Å². The molecule has 3 aliphatic rings. The van der Waals surface area contributed by atoms with Crippen molar-refractivity contribution < 1.29 is 19.7 Å². The largest absolute Gasteiger partial charge is 0.458 e. The predicted molar refractivity (Wildman–Crippen MR) is 69.2 cm³/mol. The summed E-state index contributed by atoms with van der Waals surface area (Å²) in [5, 5.41) is 9.48. The molecule has 3 rings (SSSR count). The highest BCUT2D eigenvalue weighted by molar-refractivity contribution is 5.91. The first-order valence-corrected chi connectivity index (χ1v) is 6.57. The summed E-state index contributed by atoms with van der Waals surface area (Å²) in [6, 6.07) is 0. The predicted octanol–water partition coefficient (Wildman–Crippen LogP) is 2.63. The average Bonchev–Trinajstić information content (AvgIpc) is 2.82. The van der Waals surface area contributed by atoms with Crippen LogP contribution in [-0.4, -0.2) is 22.9 Å². The van der Waals surface area contributed by atoms with Crippen LogP contribution in [0, 0.1) is 11.8 Å². The lowest BCUT2D eigenvalue weighted by Gasteiger charge is -2.36. The lowest BCUT2D eigenvalue weighted by molar-refractivity contribution is -0.323. The van der Waals surface area contributed by atoms with Gasteiger partial charge in [0.2, 0.25) is 0 Å². The van der Waals surface area contributed by atoms with E-state index in [4.69, 9.17) is 9.62 Å². The standard InChI is InChI=1S/C15H18O4/c1-8-6-7-15(19-17)9(2)4-5-11-10(3)14(16)18-13(11)12(8)15/h4,6,11-13,17H,3,5,7H2,1-2H3/t11-,12+,13-,15+/m0/s1. The van der Waals surface area contributed by atoms with E-state index < -0.39 is 5.60 Å². The van der Waals surface area contributed by atoms with Crippen molar-refractivity contribution in [2.45, 2.75) is 38.4 Å². The van der Waals surface area contributed by atoms with Gasteiger partial charge in [-0.15, -0.1) is 0 Å². The summed E-state index contributed by atoms with van der Waals surface area (Å²) in [5.74, 6) is -0.482. The van der Waals surface area contributed by atoms with Gasteiger partial charge >= 0.3 is 5.97 Å². The van der Waals surface area contributed by atoms with E-state index in [-0.39, 0.29) is 23.9 Å². The van der Waals surface area contributed by atoms with E-state index >= 15 is 0 Å². The van der Waals surface area contributed by atoms with E-state index in [0.717, 1.165) is 11.1 Å². The number of carbonyl (C=O) groups is 1. The normalized spacial score (nSPS) is 41.1. The van der Waals surface area contributed by atoms with Gasteiger partial charge in [-0.3, -0.25) is 5.26 Å². The van der Waals surface area contributed by atoms with Crippen LogP contribution in [-0.2, 0) is 14.4 Å². The van der Waals surface area contributed by atoms with E-state index in [9.17, 15) is 10.1 Å². The highest BCUT2D eigenvalue weighted by Crippen LogP contribution is 2.52. The average molecular weight is 262 g/mol. The molecule has 0 aromatic carbocycles. The smallest absolute Gasteiger partial charge is 0.334 e. The lowest BCUT2D eigenvalue weighted by atomic mass is 9.76. The quantitative estimate of drug-likeness (QED) is 0.259. The summed E-state index contributed by atoms with van der Waals surface area (Å²) in [6.07, 6.45) is 5.11. The van der Waals surface area contributed by atoms with E-state index in [2.05, 4.69) is 12.7 Å². The third kappa shape index (κ3) is 1.50. The fourth-order valence-corrected chi connectivity index (χ4v) is 3.72. The van der Waals surface area contributed by atoms with Gasteiger partial charge in [0.1, 0.15) is 11.7 Å². The highest BCUT2D eigenvalue weighted by Gasteiger charge is 2.57. The molecule has 0 saturated carbocycles. The second-order valence-electron chi connectivity index (χ2n) is 5.74. The van der Waals surface area contributed by atoms with E-state index in [0.29, 0.717) is 18.4 Å². The monoisotopic (exact) mass is 262 g/mol. The molecule has 0 aromatic heterocycles. The van der Waals surface area contributed by atoms with Crippen molar-refractivity contribution in [3.05, 3.63) is 35.5 Å². The molecule has 0 amide bonds. The number of allylic oxidation sites excluding steroid dienone is 1. The van der Waals surface area contributed by atoms with Gasteiger partial charge in [0.05, 0.1) is 5.92 Å². The molecule has 0 bridgehead atoms. The summed E-state index contributed by atoms with van der Waals surface area (Å²) in [5.41, 5.74) is 1.84. The molecule has 4 heteroatoms. The summed E-state index contributed by atoms with van der Waals surface area (Å²) < 4.78 is 5.51. The molecule has 19 heavy (non-hydrogen) atoms. The summed E-state index contributed by atoms with van der Waals surface area (Å²) in [7, 11) is 0. The van der Waals surface area contributed by atoms with Crippen LogP contribution >= 0.6 is 0 Å². The van der Waals surface area contributed by atoms with E-state index in [1.807, 2.05) is 19.9 Å². The van der Waals surface area contributed by atoms with Crippen molar-refractivity contribution >= 4 is 5.97 Å². The minimum atomic E-state index is -0.783. The number of ether oxygens (including phenoxy) is 1. The number of hydrogen-bond donors (Lipinski definition) is 1. The Morgan fingerprint density at radius 3 is 2.89 bits per heavy atom. The number of rotatable bonds is 1. The Balaban J connectivity index is 2.11. The van der Waals surface area contributed by atoms with Gasteiger partial charge in [-0.2, -0.15) is 0 Å². The van der Waals surface area contributed by atoms with Gasteiger partial charge in [-0.1, -0.05) is 24.3 Å². The molecule has 102 valence electrons. The molecule has 1 N–H and O–H groups in total. The maximum Gasteiger partial charge on any atom is 0.334 e. The molecule has 4 nitrogen and oxygen atoms in total. The zero-order valence-corrected chi connectivity index (χ0v) is 11.2. The van der Waals surface area contributed by atoms with Crippen molar-refractivity contribution in [1.82, 2.24) is 0 Å². The van der Waals surface area contributed by atoms with Crippen LogP contribution in [0.4, 0.5) is 0 Å². The Bertz CT molecular complexity index is 516. The molecule has 0 spiro atoms. The molecule has 2 aliphatic carbocycles. The SMILES string of the molecule is C=C1C(=O)O[C@@H]2[C@H]3C(C)=CC[C@@]3(OO)C(C)=CC[C@@H]12. The Labute approximate surface area is 112 Å². The number of carbonyl (C=O) groups excluding carboxylic acids is 1. The Hall–Kier alpha value is -1.39. The van der Waals surface area contributed by atoms with Crippen LogP contribution in [0.1, 0.15) is 26.7 Å². The molecular weight excluding hydrogens is 244 g/mol. The first-order valence-electron chi connectivity index (χ1n) is 6.57. The minimum absolute atomic E-state index is 0.0223. The minimum Gasteiger partial charge on any atom is -0.458 e. The molecule has 0 aromatic rings. The Kier molecular flexibility index (Phi) is 2.69. The molecule has 0 unspecified atom stereocenters. The number of esters is 1. The molecule has 1 fully saturated rings. The van der Waals surface area contributed by atoms with Gasteiger partial charge in [-0.05, 0) is 25.8 Å². The lowest BCUT2D eigenvalue weighted by Crippen LogP contribution is -2.45. The van der Waals surface area contributed by atoms with Crippen molar-refractivity contribution in [2.75, 3.05) is 0 Å². The zero-order chi connectivity index (χ0) is 13.8. The molecule has 1 saturated heterocycles. The summed E-state index contributed by atoms with van der Waals surface area (Å²) in [4.78, 5) is 16.7.